The summed E-state index contributed by atoms with van der Waals surface area (Å²) in [7, 11) is 0. The maximum absolute atomic E-state index is 13.6. The predicted molar refractivity (Wildman–Crippen MR) is 58.0 cm³/mol. The predicted octanol–water partition coefficient (Wildman–Crippen LogP) is 2.24. The van der Waals surface area contributed by atoms with Crippen LogP contribution >= 0.6 is 0 Å². The minimum Gasteiger partial charge on any atom is -0.449 e. The molecule has 94 valence electrons. The van der Waals surface area contributed by atoms with Crippen LogP contribution in [0.25, 0.3) is 0 Å². The molecular weight excluding hydrogens is 242 g/mol. The minimum atomic E-state index is -3.18. The lowest BCUT2D eigenvalue weighted by Crippen LogP contribution is -2.43. The summed E-state index contributed by atoms with van der Waals surface area (Å²) in [5, 5.41) is 0. The van der Waals surface area contributed by atoms with Crippen molar-refractivity contribution in [3.8, 4) is 0 Å². The SMILES string of the molecule is O=C1C=CC(F)(F)C(C2OC2c2ccccc2)O1. The topological polar surface area (TPSA) is 38.8 Å². The molecule has 1 saturated heterocycles. The molecule has 0 aromatic heterocycles. The standard InChI is InChI=1S/C13H10F2O3/c14-13(15)7-6-9(16)17-12(13)11-10(18-11)8-4-2-1-3-5-8/h1-7,10-12H. The lowest BCUT2D eigenvalue weighted by atomic mass is 10.0. The number of cyclic esters (lactones) is 1. The van der Waals surface area contributed by atoms with Gasteiger partial charge in [0.25, 0.3) is 0 Å². The number of halogens is 2. The van der Waals surface area contributed by atoms with Crippen molar-refractivity contribution in [1.82, 2.24) is 0 Å². The number of benzene rings is 1. The molecule has 2 aliphatic rings. The first-order valence-corrected chi connectivity index (χ1v) is 5.56. The number of hydrogen-bond donors (Lipinski definition) is 0. The van der Waals surface area contributed by atoms with E-state index in [0.29, 0.717) is 6.08 Å². The van der Waals surface area contributed by atoms with Gasteiger partial charge < -0.3 is 9.47 Å². The van der Waals surface area contributed by atoms with E-state index in [4.69, 9.17) is 4.74 Å². The molecule has 0 amide bonds. The molecule has 5 heteroatoms. The molecule has 3 nitrogen and oxygen atoms in total. The molecule has 0 aliphatic carbocycles. The molecule has 3 atom stereocenters. The van der Waals surface area contributed by atoms with Crippen molar-refractivity contribution < 1.29 is 23.0 Å². The van der Waals surface area contributed by atoms with E-state index in [1.807, 2.05) is 6.07 Å². The van der Waals surface area contributed by atoms with Crippen molar-refractivity contribution in [2.45, 2.75) is 24.2 Å². The van der Waals surface area contributed by atoms with E-state index in [9.17, 15) is 13.6 Å². The number of carbonyl (C=O) groups is 1. The van der Waals surface area contributed by atoms with Gasteiger partial charge >= 0.3 is 11.9 Å². The molecule has 3 rings (SSSR count). The summed E-state index contributed by atoms with van der Waals surface area (Å²) in [5.74, 6) is -3.93. The number of ether oxygens (including phenoxy) is 2. The second-order valence-electron chi connectivity index (χ2n) is 4.30. The zero-order valence-electron chi connectivity index (χ0n) is 9.25. The van der Waals surface area contributed by atoms with Gasteiger partial charge in [0, 0.05) is 6.08 Å². The fourth-order valence-electron chi connectivity index (χ4n) is 2.07. The van der Waals surface area contributed by atoms with Crippen molar-refractivity contribution in [2.75, 3.05) is 0 Å². The van der Waals surface area contributed by atoms with Crippen LogP contribution < -0.4 is 0 Å². The second-order valence-corrected chi connectivity index (χ2v) is 4.30. The van der Waals surface area contributed by atoms with E-state index in [2.05, 4.69) is 4.74 Å². The molecule has 0 bridgehead atoms. The third kappa shape index (κ3) is 1.90. The number of hydrogen-bond acceptors (Lipinski definition) is 3. The highest BCUT2D eigenvalue weighted by Gasteiger charge is 2.58. The number of esters is 1. The molecule has 0 N–H and O–H groups in total. The Labute approximate surface area is 102 Å². The Hall–Kier alpha value is -1.75. The highest BCUT2D eigenvalue weighted by Crippen LogP contribution is 2.46. The second kappa shape index (κ2) is 3.88. The fraction of sp³-hybridized carbons (Fsp3) is 0.308. The number of carbonyl (C=O) groups excluding carboxylic acids is 1. The average Bonchev–Trinajstić information content (AvgIpc) is 3.13. The number of rotatable bonds is 2. The summed E-state index contributed by atoms with van der Waals surface area (Å²) in [5.41, 5.74) is 0.809. The van der Waals surface area contributed by atoms with E-state index < -0.39 is 30.2 Å². The third-order valence-electron chi connectivity index (χ3n) is 3.02. The summed E-state index contributed by atoms with van der Waals surface area (Å²) >= 11 is 0. The molecule has 3 unspecified atom stereocenters. The first kappa shape index (κ1) is 11.3. The maximum Gasteiger partial charge on any atom is 0.331 e. The fourth-order valence-corrected chi connectivity index (χ4v) is 2.07. The van der Waals surface area contributed by atoms with Gasteiger partial charge in [-0.25, -0.2) is 4.79 Å². The maximum atomic E-state index is 13.6. The minimum absolute atomic E-state index is 0.429. The van der Waals surface area contributed by atoms with E-state index in [1.165, 1.54) is 0 Å². The first-order valence-electron chi connectivity index (χ1n) is 5.56. The van der Waals surface area contributed by atoms with Gasteiger partial charge in [-0.05, 0) is 11.6 Å². The van der Waals surface area contributed by atoms with Crippen molar-refractivity contribution in [2.24, 2.45) is 0 Å². The number of alkyl halides is 2. The Morgan fingerprint density at radius 3 is 2.61 bits per heavy atom. The quantitative estimate of drug-likeness (QED) is 0.598. The van der Waals surface area contributed by atoms with Gasteiger partial charge in [-0.2, -0.15) is 8.78 Å². The summed E-state index contributed by atoms with van der Waals surface area (Å²) in [6.45, 7) is 0. The highest BCUT2D eigenvalue weighted by molar-refractivity contribution is 5.83. The Morgan fingerprint density at radius 1 is 1.17 bits per heavy atom. The van der Waals surface area contributed by atoms with E-state index in [1.54, 1.807) is 24.3 Å². The Balaban J connectivity index is 1.78. The van der Waals surface area contributed by atoms with Crippen LogP contribution in [0.3, 0.4) is 0 Å². The number of epoxide rings is 1. The van der Waals surface area contributed by atoms with Gasteiger partial charge in [-0.3, -0.25) is 0 Å². The van der Waals surface area contributed by atoms with Crippen molar-refractivity contribution in [3.63, 3.8) is 0 Å². The zero-order valence-corrected chi connectivity index (χ0v) is 9.25. The van der Waals surface area contributed by atoms with Gasteiger partial charge in [0.2, 0.25) is 0 Å². The van der Waals surface area contributed by atoms with Crippen LogP contribution in [0.2, 0.25) is 0 Å². The Kier molecular flexibility index (Phi) is 2.45. The molecule has 1 aromatic carbocycles. The van der Waals surface area contributed by atoms with Gasteiger partial charge in [-0.15, -0.1) is 0 Å². The molecule has 1 aromatic rings. The van der Waals surface area contributed by atoms with Crippen molar-refractivity contribution >= 4 is 5.97 Å². The molecule has 2 aliphatic heterocycles. The van der Waals surface area contributed by atoms with Gasteiger partial charge in [0.1, 0.15) is 12.2 Å². The van der Waals surface area contributed by atoms with E-state index in [-0.39, 0.29) is 0 Å². The average molecular weight is 252 g/mol. The van der Waals surface area contributed by atoms with Gasteiger partial charge in [0.05, 0.1) is 0 Å². The lowest BCUT2D eigenvalue weighted by molar-refractivity contribution is -0.166. The largest absolute Gasteiger partial charge is 0.449 e. The molecule has 0 saturated carbocycles. The van der Waals surface area contributed by atoms with Crippen LogP contribution in [0.15, 0.2) is 42.5 Å². The summed E-state index contributed by atoms with van der Waals surface area (Å²) in [6.07, 6.45) is -1.43. The van der Waals surface area contributed by atoms with E-state index in [0.717, 1.165) is 11.6 Å². The van der Waals surface area contributed by atoms with E-state index >= 15 is 0 Å². The van der Waals surface area contributed by atoms with Crippen LogP contribution in [0.4, 0.5) is 8.78 Å². The molecule has 18 heavy (non-hydrogen) atoms. The smallest absolute Gasteiger partial charge is 0.331 e. The molecule has 1 fully saturated rings. The van der Waals surface area contributed by atoms with Crippen LogP contribution in [-0.4, -0.2) is 24.1 Å². The molecular formula is C13H10F2O3. The summed E-state index contributed by atoms with van der Waals surface area (Å²) < 4.78 is 37.1. The van der Waals surface area contributed by atoms with Crippen LogP contribution in [0.5, 0.6) is 0 Å². The molecule has 0 radical (unpaired) electrons. The summed E-state index contributed by atoms with van der Waals surface area (Å²) in [4.78, 5) is 11.0. The van der Waals surface area contributed by atoms with Crippen molar-refractivity contribution in [3.05, 3.63) is 48.0 Å². The monoisotopic (exact) mass is 252 g/mol. The first-order chi connectivity index (χ1) is 8.58. The van der Waals surface area contributed by atoms with Gasteiger partial charge in [0.15, 0.2) is 6.10 Å². The Morgan fingerprint density at radius 2 is 1.89 bits per heavy atom. The summed E-state index contributed by atoms with van der Waals surface area (Å²) in [6, 6.07) is 9.03. The van der Waals surface area contributed by atoms with Crippen LogP contribution in [0, 0.1) is 0 Å². The highest BCUT2D eigenvalue weighted by atomic mass is 19.3. The lowest BCUT2D eigenvalue weighted by Gasteiger charge is -2.25. The third-order valence-corrected chi connectivity index (χ3v) is 3.02. The van der Waals surface area contributed by atoms with Crippen LogP contribution in [0.1, 0.15) is 11.7 Å². The van der Waals surface area contributed by atoms with Gasteiger partial charge in [-0.1, -0.05) is 30.3 Å². The zero-order chi connectivity index (χ0) is 12.8. The van der Waals surface area contributed by atoms with Crippen LogP contribution in [-0.2, 0) is 14.3 Å². The molecule has 2 heterocycles. The Bertz CT molecular complexity index is 498. The normalized spacial score (nSPS) is 33.0. The molecule has 0 spiro atoms. The van der Waals surface area contributed by atoms with Crippen molar-refractivity contribution in [1.29, 1.82) is 0 Å².